The van der Waals surface area contributed by atoms with Gasteiger partial charge in [0, 0.05) is 12.6 Å². The Bertz CT molecular complexity index is 183. The molecule has 1 aliphatic heterocycles. The standard InChI is InChI=1S/C12H23NO/c1-2-10-5-4-8-13(9-10)11-6-3-7-12(11)14/h10-12,14H,2-9H2,1H3/t10?,11-,12-/m0/s1. The van der Waals surface area contributed by atoms with E-state index in [2.05, 4.69) is 11.8 Å². The summed E-state index contributed by atoms with van der Waals surface area (Å²) in [5.41, 5.74) is 0. The van der Waals surface area contributed by atoms with E-state index >= 15 is 0 Å². The molecule has 0 radical (unpaired) electrons. The largest absolute Gasteiger partial charge is 0.391 e. The summed E-state index contributed by atoms with van der Waals surface area (Å²) in [6, 6.07) is 0.490. The Morgan fingerprint density at radius 2 is 2.07 bits per heavy atom. The van der Waals surface area contributed by atoms with Crippen LogP contribution in [0.2, 0.25) is 0 Å². The zero-order chi connectivity index (χ0) is 9.97. The first-order chi connectivity index (χ1) is 6.81. The highest BCUT2D eigenvalue weighted by Crippen LogP contribution is 2.29. The molecule has 2 nitrogen and oxygen atoms in total. The van der Waals surface area contributed by atoms with E-state index in [1.807, 2.05) is 0 Å². The lowest BCUT2D eigenvalue weighted by atomic mass is 9.94. The van der Waals surface area contributed by atoms with Gasteiger partial charge in [0.1, 0.15) is 0 Å². The average molecular weight is 197 g/mol. The Balaban J connectivity index is 1.90. The third-order valence-electron chi connectivity index (χ3n) is 4.04. The van der Waals surface area contributed by atoms with Gasteiger partial charge in [-0.25, -0.2) is 0 Å². The van der Waals surface area contributed by atoms with Crippen molar-refractivity contribution >= 4 is 0 Å². The first kappa shape index (κ1) is 10.4. The molecule has 2 heteroatoms. The Hall–Kier alpha value is -0.0800. The normalized spacial score (nSPS) is 40.3. The van der Waals surface area contributed by atoms with Crippen LogP contribution in [0.25, 0.3) is 0 Å². The molecule has 1 unspecified atom stereocenters. The van der Waals surface area contributed by atoms with Crippen LogP contribution in [0, 0.1) is 5.92 Å². The molecule has 0 aromatic rings. The Morgan fingerprint density at radius 3 is 2.71 bits per heavy atom. The quantitative estimate of drug-likeness (QED) is 0.732. The van der Waals surface area contributed by atoms with Crippen molar-refractivity contribution in [2.75, 3.05) is 13.1 Å². The van der Waals surface area contributed by atoms with Crippen LogP contribution in [0.15, 0.2) is 0 Å². The zero-order valence-corrected chi connectivity index (χ0v) is 9.28. The Kier molecular flexibility index (Phi) is 3.45. The molecule has 2 fully saturated rings. The van der Waals surface area contributed by atoms with E-state index in [0.717, 1.165) is 12.3 Å². The average Bonchev–Trinajstić information content (AvgIpc) is 2.65. The lowest BCUT2D eigenvalue weighted by molar-refractivity contribution is 0.0426. The molecule has 1 saturated carbocycles. The van der Waals surface area contributed by atoms with E-state index in [0.29, 0.717) is 6.04 Å². The van der Waals surface area contributed by atoms with Crippen molar-refractivity contribution in [2.45, 2.75) is 57.6 Å². The molecule has 1 aliphatic carbocycles. The highest BCUT2D eigenvalue weighted by molar-refractivity contribution is 4.87. The number of likely N-dealkylation sites (tertiary alicyclic amines) is 1. The topological polar surface area (TPSA) is 23.5 Å². The number of nitrogens with zero attached hydrogens (tertiary/aromatic N) is 1. The number of hydrogen-bond acceptors (Lipinski definition) is 2. The minimum Gasteiger partial charge on any atom is -0.391 e. The molecule has 2 rings (SSSR count). The van der Waals surface area contributed by atoms with E-state index in [-0.39, 0.29) is 6.10 Å². The van der Waals surface area contributed by atoms with E-state index in [4.69, 9.17) is 0 Å². The van der Waals surface area contributed by atoms with Gasteiger partial charge in [-0.3, -0.25) is 4.90 Å². The number of piperidine rings is 1. The molecule has 2 aliphatic rings. The van der Waals surface area contributed by atoms with Crippen molar-refractivity contribution < 1.29 is 5.11 Å². The third-order valence-corrected chi connectivity index (χ3v) is 4.04. The van der Waals surface area contributed by atoms with Crippen molar-refractivity contribution in [3.05, 3.63) is 0 Å². The maximum atomic E-state index is 9.86. The second-order valence-electron chi connectivity index (χ2n) is 4.98. The van der Waals surface area contributed by atoms with Crippen LogP contribution in [0.4, 0.5) is 0 Å². The summed E-state index contributed by atoms with van der Waals surface area (Å²) in [6.45, 7) is 4.75. The molecular formula is C12H23NO. The summed E-state index contributed by atoms with van der Waals surface area (Å²) in [7, 11) is 0. The predicted molar refractivity (Wildman–Crippen MR) is 58.2 cm³/mol. The van der Waals surface area contributed by atoms with Crippen LogP contribution < -0.4 is 0 Å². The van der Waals surface area contributed by atoms with Gasteiger partial charge in [-0.1, -0.05) is 13.3 Å². The first-order valence-electron chi connectivity index (χ1n) is 6.23. The number of hydrogen-bond donors (Lipinski definition) is 1. The van der Waals surface area contributed by atoms with Crippen LogP contribution >= 0.6 is 0 Å². The first-order valence-corrected chi connectivity index (χ1v) is 6.23. The Morgan fingerprint density at radius 1 is 1.21 bits per heavy atom. The molecule has 0 bridgehead atoms. The monoisotopic (exact) mass is 197 g/mol. The molecular weight excluding hydrogens is 174 g/mol. The van der Waals surface area contributed by atoms with Gasteiger partial charge in [0.15, 0.2) is 0 Å². The molecule has 14 heavy (non-hydrogen) atoms. The van der Waals surface area contributed by atoms with Crippen molar-refractivity contribution in [1.29, 1.82) is 0 Å². The van der Waals surface area contributed by atoms with Gasteiger partial charge < -0.3 is 5.11 Å². The summed E-state index contributed by atoms with van der Waals surface area (Å²) in [5, 5.41) is 9.86. The summed E-state index contributed by atoms with van der Waals surface area (Å²) in [5.74, 6) is 0.886. The summed E-state index contributed by atoms with van der Waals surface area (Å²) >= 11 is 0. The predicted octanol–water partition coefficient (Wildman–Crippen LogP) is 2.02. The number of rotatable bonds is 2. The van der Waals surface area contributed by atoms with Gasteiger partial charge in [0.2, 0.25) is 0 Å². The van der Waals surface area contributed by atoms with E-state index in [1.165, 1.54) is 45.2 Å². The fourth-order valence-electron chi connectivity index (χ4n) is 3.08. The van der Waals surface area contributed by atoms with Crippen LogP contribution in [0.5, 0.6) is 0 Å². The molecule has 82 valence electrons. The fourth-order valence-corrected chi connectivity index (χ4v) is 3.08. The maximum Gasteiger partial charge on any atom is 0.0695 e. The minimum absolute atomic E-state index is 0.0365. The van der Waals surface area contributed by atoms with Gasteiger partial charge in [-0.05, 0) is 44.6 Å². The summed E-state index contributed by atoms with van der Waals surface area (Å²) in [6.07, 6.45) is 7.47. The highest BCUT2D eigenvalue weighted by atomic mass is 16.3. The number of aliphatic hydroxyl groups excluding tert-OH is 1. The van der Waals surface area contributed by atoms with Crippen molar-refractivity contribution in [3.8, 4) is 0 Å². The molecule has 0 aromatic carbocycles. The van der Waals surface area contributed by atoms with Gasteiger partial charge in [-0.2, -0.15) is 0 Å². The van der Waals surface area contributed by atoms with Gasteiger partial charge in [0.05, 0.1) is 6.10 Å². The smallest absolute Gasteiger partial charge is 0.0695 e. The summed E-state index contributed by atoms with van der Waals surface area (Å²) in [4.78, 5) is 2.55. The fraction of sp³-hybridized carbons (Fsp3) is 1.00. The molecule has 0 spiro atoms. The van der Waals surface area contributed by atoms with Crippen LogP contribution in [-0.4, -0.2) is 35.2 Å². The Labute approximate surface area is 87.3 Å². The molecule has 0 aromatic heterocycles. The second kappa shape index (κ2) is 4.63. The van der Waals surface area contributed by atoms with Crippen LogP contribution in [0.3, 0.4) is 0 Å². The lowest BCUT2D eigenvalue weighted by Crippen LogP contribution is -2.45. The molecule has 0 amide bonds. The molecule has 1 N–H and O–H groups in total. The van der Waals surface area contributed by atoms with E-state index in [9.17, 15) is 5.11 Å². The lowest BCUT2D eigenvalue weighted by Gasteiger charge is -2.37. The van der Waals surface area contributed by atoms with Gasteiger partial charge in [0.25, 0.3) is 0 Å². The SMILES string of the molecule is CCC1CCCN([C@H]2CCC[C@@H]2O)C1. The molecule has 1 saturated heterocycles. The van der Waals surface area contributed by atoms with Crippen molar-refractivity contribution in [2.24, 2.45) is 5.92 Å². The van der Waals surface area contributed by atoms with E-state index < -0.39 is 0 Å². The van der Waals surface area contributed by atoms with Crippen molar-refractivity contribution in [3.63, 3.8) is 0 Å². The van der Waals surface area contributed by atoms with Crippen molar-refractivity contribution in [1.82, 2.24) is 4.90 Å². The molecule has 3 atom stereocenters. The number of aliphatic hydroxyl groups is 1. The second-order valence-corrected chi connectivity index (χ2v) is 4.98. The van der Waals surface area contributed by atoms with Crippen LogP contribution in [-0.2, 0) is 0 Å². The third kappa shape index (κ3) is 2.12. The zero-order valence-electron chi connectivity index (χ0n) is 9.28. The van der Waals surface area contributed by atoms with Crippen LogP contribution in [0.1, 0.15) is 45.4 Å². The van der Waals surface area contributed by atoms with Gasteiger partial charge >= 0.3 is 0 Å². The molecule has 1 heterocycles. The minimum atomic E-state index is -0.0365. The highest BCUT2D eigenvalue weighted by Gasteiger charge is 2.32. The van der Waals surface area contributed by atoms with Gasteiger partial charge in [-0.15, -0.1) is 0 Å². The summed E-state index contributed by atoms with van der Waals surface area (Å²) < 4.78 is 0. The maximum absolute atomic E-state index is 9.86. The van der Waals surface area contributed by atoms with E-state index in [1.54, 1.807) is 0 Å².